The number of thiophene rings is 1. The van der Waals surface area contributed by atoms with Crippen molar-refractivity contribution in [2.75, 3.05) is 13.1 Å². The van der Waals surface area contributed by atoms with E-state index in [1.807, 2.05) is 29.2 Å². The molecular weight excluding hydrogens is 428 g/mol. The summed E-state index contributed by atoms with van der Waals surface area (Å²) < 4.78 is 0. The monoisotopic (exact) mass is 456 g/mol. The molecule has 2 amide bonds. The van der Waals surface area contributed by atoms with Crippen molar-refractivity contribution in [1.82, 2.24) is 10.2 Å². The molecular formula is C25H29ClN2O2S. The van der Waals surface area contributed by atoms with E-state index in [1.165, 1.54) is 29.7 Å². The first kappa shape index (κ1) is 22.1. The van der Waals surface area contributed by atoms with Gasteiger partial charge in [-0.2, -0.15) is 0 Å². The van der Waals surface area contributed by atoms with E-state index < -0.39 is 0 Å². The molecule has 31 heavy (non-hydrogen) atoms. The Bertz CT molecular complexity index is 937. The maximum Gasteiger partial charge on any atom is 0.223 e. The van der Waals surface area contributed by atoms with Crippen molar-refractivity contribution >= 4 is 34.8 Å². The number of nitrogens with one attached hydrogen (secondary N) is 1. The highest BCUT2D eigenvalue weighted by molar-refractivity contribution is 7.10. The van der Waals surface area contributed by atoms with Crippen LogP contribution >= 0.6 is 22.9 Å². The molecule has 1 N–H and O–H groups in total. The van der Waals surface area contributed by atoms with Gasteiger partial charge in [0, 0.05) is 35.8 Å². The van der Waals surface area contributed by atoms with Gasteiger partial charge in [-0.05, 0) is 72.7 Å². The highest BCUT2D eigenvalue weighted by atomic mass is 35.5. The number of carbonyl (C=O) groups is 2. The fourth-order valence-corrected chi connectivity index (χ4v) is 5.59. The number of hydrogen-bond acceptors (Lipinski definition) is 3. The van der Waals surface area contributed by atoms with E-state index in [0.717, 1.165) is 18.4 Å². The molecule has 2 aromatic rings. The molecule has 2 heterocycles. The summed E-state index contributed by atoms with van der Waals surface area (Å²) in [5, 5.41) is 5.77. The smallest absolute Gasteiger partial charge is 0.223 e. The van der Waals surface area contributed by atoms with Gasteiger partial charge in [0.2, 0.25) is 11.8 Å². The van der Waals surface area contributed by atoms with Gasteiger partial charge in [0.05, 0.1) is 6.04 Å². The lowest BCUT2D eigenvalue weighted by atomic mass is 9.93. The molecule has 4 nitrogen and oxygen atoms in total. The molecule has 2 atom stereocenters. The number of fused-ring (bicyclic) bond motifs is 1. The molecule has 2 unspecified atom stereocenters. The second-order valence-electron chi connectivity index (χ2n) is 8.35. The van der Waals surface area contributed by atoms with Crippen molar-refractivity contribution in [3.63, 3.8) is 0 Å². The second kappa shape index (κ2) is 10.5. The normalized spacial score (nSPS) is 20.4. The van der Waals surface area contributed by atoms with E-state index in [4.69, 9.17) is 11.6 Å². The summed E-state index contributed by atoms with van der Waals surface area (Å²) in [5.41, 5.74) is 2.25. The molecule has 164 valence electrons. The van der Waals surface area contributed by atoms with Crippen molar-refractivity contribution in [3.05, 3.63) is 68.9 Å². The number of allylic oxidation sites excluding steroid dienone is 2. The maximum atomic E-state index is 13.1. The Morgan fingerprint density at radius 2 is 2.00 bits per heavy atom. The van der Waals surface area contributed by atoms with E-state index in [0.29, 0.717) is 24.0 Å². The number of nitrogens with zero attached hydrogens (tertiary/aromatic N) is 1. The Morgan fingerprint density at radius 3 is 2.77 bits per heavy atom. The maximum absolute atomic E-state index is 13.1. The van der Waals surface area contributed by atoms with Crippen LogP contribution in [0.5, 0.6) is 0 Å². The zero-order valence-corrected chi connectivity index (χ0v) is 19.3. The van der Waals surface area contributed by atoms with E-state index in [1.54, 1.807) is 11.3 Å². The van der Waals surface area contributed by atoms with Crippen LogP contribution in [0, 0.1) is 5.92 Å². The van der Waals surface area contributed by atoms with E-state index in [-0.39, 0.29) is 30.7 Å². The van der Waals surface area contributed by atoms with Crippen molar-refractivity contribution in [2.45, 2.75) is 51.0 Å². The summed E-state index contributed by atoms with van der Waals surface area (Å²) in [6.07, 6.45) is 10.4. The topological polar surface area (TPSA) is 49.4 Å². The van der Waals surface area contributed by atoms with E-state index >= 15 is 0 Å². The third-order valence-electron chi connectivity index (χ3n) is 6.23. The summed E-state index contributed by atoms with van der Waals surface area (Å²) in [5.74, 6) is 0.565. The molecule has 0 bridgehead atoms. The Hall–Kier alpha value is -2.11. The number of rotatable bonds is 7. The highest BCUT2D eigenvalue weighted by Crippen LogP contribution is 2.38. The van der Waals surface area contributed by atoms with Crippen molar-refractivity contribution in [3.8, 4) is 0 Å². The lowest BCUT2D eigenvalue weighted by molar-refractivity contribution is -0.135. The predicted molar refractivity (Wildman–Crippen MR) is 126 cm³/mol. The average Bonchev–Trinajstić information content (AvgIpc) is 3.27. The SMILES string of the molecule is O=C(CCC(=O)N1CCc2sccc2C1c1ccc(Cl)cc1)NCCC1C=CCCC1. The van der Waals surface area contributed by atoms with Crippen LogP contribution < -0.4 is 5.32 Å². The fourth-order valence-electron chi connectivity index (χ4n) is 4.56. The van der Waals surface area contributed by atoms with Gasteiger partial charge in [-0.15, -0.1) is 11.3 Å². The molecule has 1 aromatic heterocycles. The van der Waals surface area contributed by atoms with Gasteiger partial charge >= 0.3 is 0 Å². The summed E-state index contributed by atoms with van der Waals surface area (Å²) >= 11 is 7.82. The molecule has 1 aliphatic carbocycles. The van der Waals surface area contributed by atoms with Crippen molar-refractivity contribution < 1.29 is 9.59 Å². The molecule has 4 rings (SSSR count). The standard InChI is InChI=1S/C25H29ClN2O2S/c26-20-8-6-19(7-9-20)25-21-14-17-31-22(21)13-16-28(25)24(30)11-10-23(29)27-15-12-18-4-2-1-3-5-18/h2,4,6-9,14,17-18,25H,1,3,5,10-13,15-16H2,(H,27,29). The Labute approximate surface area is 193 Å². The number of halogens is 1. The van der Waals surface area contributed by atoms with Crippen LogP contribution in [0.2, 0.25) is 5.02 Å². The molecule has 0 saturated heterocycles. The Balaban J connectivity index is 1.34. The van der Waals surface area contributed by atoms with E-state index in [2.05, 4.69) is 28.9 Å². The van der Waals surface area contributed by atoms with Crippen LogP contribution in [0.15, 0.2) is 47.9 Å². The van der Waals surface area contributed by atoms with Gasteiger partial charge in [-0.3, -0.25) is 9.59 Å². The number of amides is 2. The molecule has 0 saturated carbocycles. The quantitative estimate of drug-likeness (QED) is 0.558. The van der Waals surface area contributed by atoms with Crippen LogP contribution in [0.1, 0.15) is 60.6 Å². The minimum absolute atomic E-state index is 0.0298. The minimum Gasteiger partial charge on any atom is -0.356 e. The number of benzene rings is 1. The van der Waals surface area contributed by atoms with Gasteiger partial charge in [0.25, 0.3) is 0 Å². The predicted octanol–water partition coefficient (Wildman–Crippen LogP) is 5.52. The molecule has 6 heteroatoms. The first-order chi connectivity index (χ1) is 15.1. The van der Waals surface area contributed by atoms with Crippen LogP contribution in [0.25, 0.3) is 0 Å². The Morgan fingerprint density at radius 1 is 1.16 bits per heavy atom. The molecule has 0 spiro atoms. The summed E-state index contributed by atoms with van der Waals surface area (Å²) in [6.45, 7) is 1.35. The van der Waals surface area contributed by atoms with Crippen LogP contribution in [0.4, 0.5) is 0 Å². The number of carbonyl (C=O) groups excluding carboxylic acids is 2. The fraction of sp³-hybridized carbons (Fsp3) is 0.440. The molecule has 1 aromatic carbocycles. The van der Waals surface area contributed by atoms with Crippen molar-refractivity contribution in [2.24, 2.45) is 5.92 Å². The van der Waals surface area contributed by atoms with Gasteiger partial charge in [-0.1, -0.05) is 35.9 Å². The van der Waals surface area contributed by atoms with E-state index in [9.17, 15) is 9.59 Å². The molecule has 0 fully saturated rings. The Kier molecular flexibility index (Phi) is 7.46. The first-order valence-corrected chi connectivity index (χ1v) is 12.4. The van der Waals surface area contributed by atoms with Gasteiger partial charge in [0.1, 0.15) is 0 Å². The third-order valence-corrected chi connectivity index (χ3v) is 7.48. The first-order valence-electron chi connectivity index (χ1n) is 11.2. The second-order valence-corrected chi connectivity index (χ2v) is 9.79. The third kappa shape index (κ3) is 5.58. The largest absolute Gasteiger partial charge is 0.356 e. The highest BCUT2D eigenvalue weighted by Gasteiger charge is 2.32. The summed E-state index contributed by atoms with van der Waals surface area (Å²) in [6, 6.07) is 9.73. The summed E-state index contributed by atoms with van der Waals surface area (Å²) in [4.78, 5) is 28.7. The lowest BCUT2D eigenvalue weighted by Gasteiger charge is -2.36. The van der Waals surface area contributed by atoms with Gasteiger partial charge in [-0.25, -0.2) is 0 Å². The molecule has 0 radical (unpaired) electrons. The summed E-state index contributed by atoms with van der Waals surface area (Å²) in [7, 11) is 0. The zero-order valence-electron chi connectivity index (χ0n) is 17.7. The van der Waals surface area contributed by atoms with Crippen LogP contribution in [-0.2, 0) is 16.0 Å². The zero-order chi connectivity index (χ0) is 21.6. The van der Waals surface area contributed by atoms with Crippen LogP contribution in [-0.4, -0.2) is 29.8 Å². The van der Waals surface area contributed by atoms with Gasteiger partial charge in [0.15, 0.2) is 0 Å². The van der Waals surface area contributed by atoms with Crippen molar-refractivity contribution in [1.29, 1.82) is 0 Å². The van der Waals surface area contributed by atoms with Gasteiger partial charge < -0.3 is 10.2 Å². The molecule has 2 aliphatic rings. The minimum atomic E-state index is -0.110. The molecule has 1 aliphatic heterocycles. The average molecular weight is 457 g/mol. The lowest BCUT2D eigenvalue weighted by Crippen LogP contribution is -2.40. The van der Waals surface area contributed by atoms with Crippen LogP contribution in [0.3, 0.4) is 0 Å². The number of hydrogen-bond donors (Lipinski definition) is 1.